The molecule has 1 aliphatic heterocycles. The summed E-state index contributed by atoms with van der Waals surface area (Å²) in [4.78, 5) is 37.7. The summed E-state index contributed by atoms with van der Waals surface area (Å²) in [5.41, 5.74) is 1.03. The predicted molar refractivity (Wildman–Crippen MR) is 96.1 cm³/mol. The number of urea groups is 1. The van der Waals surface area contributed by atoms with E-state index in [1.54, 1.807) is 24.3 Å². The molecule has 0 aromatic heterocycles. The smallest absolute Gasteiger partial charge is 0.331 e. The van der Waals surface area contributed by atoms with E-state index in [1.165, 1.54) is 30.3 Å². The number of hydrogen-bond donors (Lipinski definition) is 1. The zero-order chi connectivity index (χ0) is 19.4. The van der Waals surface area contributed by atoms with Gasteiger partial charge in [-0.05, 0) is 48.4 Å². The summed E-state index contributed by atoms with van der Waals surface area (Å²) in [5.74, 6) is -1.21. The Labute approximate surface area is 155 Å². The third-order valence-corrected chi connectivity index (χ3v) is 3.94. The molecule has 27 heavy (non-hydrogen) atoms. The Hall–Kier alpha value is -3.48. The molecule has 138 valence electrons. The molecule has 1 saturated heterocycles. The summed E-state index contributed by atoms with van der Waals surface area (Å²) in [7, 11) is 0. The topological polar surface area (TPSA) is 75.7 Å². The van der Waals surface area contributed by atoms with E-state index in [-0.39, 0.29) is 12.1 Å². The fourth-order valence-corrected chi connectivity index (χ4v) is 2.60. The van der Waals surface area contributed by atoms with Crippen LogP contribution in [0.15, 0.2) is 54.1 Å². The van der Waals surface area contributed by atoms with Crippen molar-refractivity contribution in [3.8, 4) is 5.75 Å². The molecule has 0 unspecified atom stereocenters. The first kappa shape index (κ1) is 18.3. The van der Waals surface area contributed by atoms with Crippen molar-refractivity contribution in [3.05, 3.63) is 71.0 Å². The summed E-state index contributed by atoms with van der Waals surface area (Å²) < 4.78 is 18.4. The summed E-state index contributed by atoms with van der Waals surface area (Å²) in [6, 6.07) is 11.5. The van der Waals surface area contributed by atoms with Gasteiger partial charge in [-0.3, -0.25) is 19.8 Å². The second kappa shape index (κ2) is 7.82. The van der Waals surface area contributed by atoms with Crippen LogP contribution in [-0.4, -0.2) is 29.4 Å². The third kappa shape index (κ3) is 4.20. The average molecular weight is 368 g/mol. The lowest BCUT2D eigenvalue weighted by Crippen LogP contribution is -2.53. The number of carbonyl (C=O) groups is 3. The van der Waals surface area contributed by atoms with Crippen LogP contribution >= 0.6 is 0 Å². The number of nitrogens with one attached hydrogen (secondary N) is 1. The Kier molecular flexibility index (Phi) is 5.30. The highest BCUT2D eigenvalue weighted by Gasteiger charge is 2.35. The van der Waals surface area contributed by atoms with Crippen molar-refractivity contribution < 1.29 is 23.5 Å². The van der Waals surface area contributed by atoms with Crippen LogP contribution in [0.25, 0.3) is 6.08 Å². The van der Waals surface area contributed by atoms with Crippen molar-refractivity contribution >= 4 is 23.9 Å². The second-order valence-corrected chi connectivity index (χ2v) is 5.84. The highest BCUT2D eigenvalue weighted by atomic mass is 19.1. The normalized spacial score (nSPS) is 15.9. The fraction of sp³-hybridized carbons (Fsp3) is 0.150. The number of benzene rings is 2. The Morgan fingerprint density at radius 2 is 1.70 bits per heavy atom. The first-order chi connectivity index (χ1) is 13.0. The lowest BCUT2D eigenvalue weighted by molar-refractivity contribution is -0.130. The van der Waals surface area contributed by atoms with Gasteiger partial charge in [-0.15, -0.1) is 0 Å². The van der Waals surface area contributed by atoms with Crippen LogP contribution in [0.3, 0.4) is 0 Å². The average Bonchev–Trinajstić information content (AvgIpc) is 2.65. The van der Waals surface area contributed by atoms with Gasteiger partial charge in [-0.1, -0.05) is 24.3 Å². The van der Waals surface area contributed by atoms with Gasteiger partial charge in [0.1, 0.15) is 17.1 Å². The van der Waals surface area contributed by atoms with Gasteiger partial charge in [0.2, 0.25) is 0 Å². The molecule has 1 heterocycles. The Bertz CT molecular complexity index is 905. The molecule has 2 aromatic carbocycles. The van der Waals surface area contributed by atoms with Gasteiger partial charge < -0.3 is 4.74 Å². The minimum absolute atomic E-state index is 0.0706. The lowest BCUT2D eigenvalue weighted by atomic mass is 10.1. The van der Waals surface area contributed by atoms with Crippen LogP contribution in [0.2, 0.25) is 0 Å². The number of halogens is 1. The van der Waals surface area contributed by atoms with Crippen LogP contribution in [0.4, 0.5) is 9.18 Å². The van der Waals surface area contributed by atoms with Crippen LogP contribution < -0.4 is 10.1 Å². The quantitative estimate of drug-likeness (QED) is 0.650. The molecule has 1 fully saturated rings. The predicted octanol–water partition coefficient (Wildman–Crippen LogP) is 2.89. The van der Waals surface area contributed by atoms with E-state index >= 15 is 0 Å². The highest BCUT2D eigenvalue weighted by molar-refractivity contribution is 6.30. The van der Waals surface area contributed by atoms with E-state index in [0.717, 1.165) is 4.90 Å². The molecule has 1 N–H and O–H groups in total. The maximum atomic E-state index is 13.0. The molecular weight excluding hydrogens is 351 g/mol. The van der Waals surface area contributed by atoms with Gasteiger partial charge in [0.25, 0.3) is 11.8 Å². The van der Waals surface area contributed by atoms with Crippen molar-refractivity contribution in [1.82, 2.24) is 10.2 Å². The number of amides is 4. The molecule has 0 bridgehead atoms. The van der Waals surface area contributed by atoms with Crippen LogP contribution in [-0.2, 0) is 16.1 Å². The van der Waals surface area contributed by atoms with Crippen molar-refractivity contribution in [2.75, 3.05) is 6.61 Å². The molecule has 0 radical (unpaired) electrons. The third-order valence-electron chi connectivity index (χ3n) is 3.94. The number of ether oxygens (including phenoxy) is 1. The first-order valence-electron chi connectivity index (χ1n) is 8.34. The molecule has 0 saturated carbocycles. The Morgan fingerprint density at radius 3 is 2.33 bits per heavy atom. The van der Waals surface area contributed by atoms with Gasteiger partial charge in [-0.2, -0.15) is 0 Å². The molecular formula is C20H17FN2O4. The Morgan fingerprint density at radius 1 is 1.04 bits per heavy atom. The zero-order valence-electron chi connectivity index (χ0n) is 14.6. The number of nitrogens with zero attached hydrogens (tertiary/aromatic N) is 1. The minimum Gasteiger partial charge on any atom is -0.494 e. The molecule has 6 nitrogen and oxygen atoms in total. The summed E-state index contributed by atoms with van der Waals surface area (Å²) in [6.45, 7) is 2.33. The number of carbonyl (C=O) groups excluding carboxylic acids is 3. The number of imide groups is 2. The van der Waals surface area contributed by atoms with Gasteiger partial charge >= 0.3 is 6.03 Å². The molecule has 0 atom stereocenters. The molecule has 1 aliphatic rings. The monoisotopic (exact) mass is 368 g/mol. The van der Waals surface area contributed by atoms with Crippen molar-refractivity contribution in [1.29, 1.82) is 0 Å². The van der Waals surface area contributed by atoms with E-state index in [4.69, 9.17) is 4.74 Å². The van der Waals surface area contributed by atoms with Crippen molar-refractivity contribution in [3.63, 3.8) is 0 Å². The second-order valence-electron chi connectivity index (χ2n) is 5.84. The Balaban J connectivity index is 1.84. The summed E-state index contributed by atoms with van der Waals surface area (Å²) >= 11 is 0. The van der Waals surface area contributed by atoms with E-state index in [0.29, 0.717) is 23.5 Å². The van der Waals surface area contributed by atoms with E-state index in [9.17, 15) is 18.8 Å². The zero-order valence-corrected chi connectivity index (χ0v) is 14.6. The van der Waals surface area contributed by atoms with Gasteiger partial charge in [0, 0.05) is 0 Å². The van der Waals surface area contributed by atoms with E-state index < -0.39 is 23.7 Å². The van der Waals surface area contributed by atoms with E-state index in [1.807, 2.05) is 6.92 Å². The van der Waals surface area contributed by atoms with E-state index in [2.05, 4.69) is 5.32 Å². The number of rotatable bonds is 5. The van der Waals surface area contributed by atoms with Gasteiger partial charge in [0.15, 0.2) is 0 Å². The van der Waals surface area contributed by atoms with Gasteiger partial charge in [-0.25, -0.2) is 9.18 Å². The van der Waals surface area contributed by atoms with Gasteiger partial charge in [0.05, 0.1) is 13.2 Å². The van der Waals surface area contributed by atoms with Crippen molar-refractivity contribution in [2.24, 2.45) is 0 Å². The van der Waals surface area contributed by atoms with Crippen LogP contribution in [0, 0.1) is 5.82 Å². The molecule has 0 spiro atoms. The highest BCUT2D eigenvalue weighted by Crippen LogP contribution is 2.19. The molecule has 2 aromatic rings. The summed E-state index contributed by atoms with van der Waals surface area (Å²) in [5, 5.41) is 2.15. The number of barbiturate groups is 1. The first-order valence-corrected chi connectivity index (χ1v) is 8.34. The summed E-state index contributed by atoms with van der Waals surface area (Å²) in [6.07, 6.45) is 1.41. The standard InChI is InChI=1S/C20H17FN2O4/c1-2-27-16-9-5-13(6-10-16)11-17-18(24)22-20(26)23(19(17)25)12-14-3-7-15(21)8-4-14/h3-11H,2,12H2,1H3,(H,22,24,26). The molecule has 4 amide bonds. The largest absolute Gasteiger partial charge is 0.494 e. The fourth-order valence-electron chi connectivity index (χ4n) is 2.60. The van der Waals surface area contributed by atoms with Crippen LogP contribution in [0.5, 0.6) is 5.75 Å². The lowest BCUT2D eigenvalue weighted by Gasteiger charge is -2.26. The maximum Gasteiger partial charge on any atom is 0.331 e. The molecule has 0 aliphatic carbocycles. The minimum atomic E-state index is -0.807. The molecule has 3 rings (SSSR count). The molecule has 7 heteroatoms. The number of hydrogen-bond acceptors (Lipinski definition) is 4. The van der Waals surface area contributed by atoms with Crippen LogP contribution in [0.1, 0.15) is 18.1 Å². The SMILES string of the molecule is CCOc1ccc(C=C2C(=O)NC(=O)N(Cc3ccc(F)cc3)C2=O)cc1. The van der Waals surface area contributed by atoms with Crippen molar-refractivity contribution in [2.45, 2.75) is 13.5 Å². The maximum absolute atomic E-state index is 13.0.